The van der Waals surface area contributed by atoms with Gasteiger partial charge in [0, 0.05) is 41.7 Å². The number of benzene rings is 2. The molecule has 26 heavy (non-hydrogen) atoms. The summed E-state index contributed by atoms with van der Waals surface area (Å²) in [6.07, 6.45) is 0. The highest BCUT2D eigenvalue weighted by Gasteiger charge is 2.52. The second-order valence-electron chi connectivity index (χ2n) is 6.94. The van der Waals surface area contributed by atoms with Gasteiger partial charge in [0.15, 0.2) is 0 Å². The Morgan fingerprint density at radius 1 is 1.23 bits per heavy atom. The van der Waals surface area contributed by atoms with Gasteiger partial charge in [-0.2, -0.15) is 5.48 Å². The number of likely N-dealkylation sites (tertiary alicyclic amines) is 1. The van der Waals surface area contributed by atoms with Gasteiger partial charge < -0.3 is 14.3 Å². The van der Waals surface area contributed by atoms with Crippen molar-refractivity contribution in [2.45, 2.75) is 12.1 Å². The highest BCUT2D eigenvalue weighted by atomic mass is 79.9. The Labute approximate surface area is 162 Å². The topological polar surface area (TPSA) is 43.0 Å². The van der Waals surface area contributed by atoms with E-state index in [0.717, 1.165) is 42.2 Å². The molecule has 2 heterocycles. The highest BCUT2D eigenvalue weighted by molar-refractivity contribution is 9.10. The zero-order chi connectivity index (χ0) is 18.1. The summed E-state index contributed by atoms with van der Waals surface area (Å²) >= 11 is 3.59. The number of halogens is 1. The van der Waals surface area contributed by atoms with E-state index in [-0.39, 0.29) is 5.54 Å². The molecule has 0 amide bonds. The van der Waals surface area contributed by atoms with Crippen LogP contribution in [-0.2, 0) is 16.9 Å². The van der Waals surface area contributed by atoms with Gasteiger partial charge in [-0.3, -0.25) is 4.90 Å². The predicted molar refractivity (Wildman–Crippen MR) is 103 cm³/mol. The molecular formula is C20H23BrN2O3. The largest absolute Gasteiger partial charge is 0.497 e. The smallest absolute Gasteiger partial charge is 0.127 e. The standard InChI is InChI=1S/C20H23BrN2O3/c1-24-18-7-6-14(19(9-18)25-2)10-23-11-16-12-26-22-20(16,13-23)15-4-3-5-17(21)8-15/h3-9,16,22H,10-13H2,1-2H3/t16-,20-/m1/s1. The van der Waals surface area contributed by atoms with Crippen LogP contribution in [-0.4, -0.2) is 38.8 Å². The summed E-state index contributed by atoms with van der Waals surface area (Å²) in [6.45, 7) is 3.43. The van der Waals surface area contributed by atoms with E-state index in [2.05, 4.69) is 56.6 Å². The van der Waals surface area contributed by atoms with E-state index in [1.807, 2.05) is 12.1 Å². The Bertz CT molecular complexity index is 800. The van der Waals surface area contributed by atoms with Crippen molar-refractivity contribution in [3.05, 3.63) is 58.1 Å². The van der Waals surface area contributed by atoms with Crippen molar-refractivity contribution in [3.8, 4) is 11.5 Å². The van der Waals surface area contributed by atoms with Gasteiger partial charge in [-0.1, -0.05) is 34.1 Å². The van der Waals surface area contributed by atoms with E-state index >= 15 is 0 Å². The molecule has 2 aliphatic heterocycles. The summed E-state index contributed by atoms with van der Waals surface area (Å²) in [4.78, 5) is 8.11. The Kier molecular flexibility index (Phi) is 4.92. The van der Waals surface area contributed by atoms with Crippen LogP contribution in [0.2, 0.25) is 0 Å². The number of methoxy groups -OCH3 is 2. The van der Waals surface area contributed by atoms with E-state index in [9.17, 15) is 0 Å². The summed E-state index contributed by atoms with van der Waals surface area (Å²) < 4.78 is 12.0. The van der Waals surface area contributed by atoms with Crippen molar-refractivity contribution >= 4 is 15.9 Å². The van der Waals surface area contributed by atoms with Gasteiger partial charge in [-0.05, 0) is 23.8 Å². The minimum atomic E-state index is -0.163. The first-order chi connectivity index (χ1) is 12.6. The molecule has 2 aromatic carbocycles. The average Bonchev–Trinajstić information content (AvgIpc) is 3.20. The van der Waals surface area contributed by atoms with Crippen LogP contribution in [0.25, 0.3) is 0 Å². The van der Waals surface area contributed by atoms with Crippen LogP contribution < -0.4 is 15.0 Å². The predicted octanol–water partition coefficient (Wildman–Crippen LogP) is 3.33. The second-order valence-corrected chi connectivity index (χ2v) is 7.85. The number of hydrogen-bond acceptors (Lipinski definition) is 5. The molecule has 0 aliphatic carbocycles. The molecule has 0 aromatic heterocycles. The average molecular weight is 419 g/mol. The van der Waals surface area contributed by atoms with Gasteiger partial charge in [0.2, 0.25) is 0 Å². The van der Waals surface area contributed by atoms with Crippen LogP contribution in [0, 0.1) is 5.92 Å². The number of fused-ring (bicyclic) bond motifs is 1. The maximum absolute atomic E-state index is 5.65. The molecule has 2 fully saturated rings. The molecule has 0 spiro atoms. The zero-order valence-corrected chi connectivity index (χ0v) is 16.6. The van der Waals surface area contributed by atoms with Crippen molar-refractivity contribution < 1.29 is 14.3 Å². The molecule has 0 bridgehead atoms. The molecule has 2 saturated heterocycles. The molecule has 6 heteroatoms. The number of rotatable bonds is 5. The molecule has 2 atom stereocenters. The van der Waals surface area contributed by atoms with Crippen LogP contribution in [0.4, 0.5) is 0 Å². The Hall–Kier alpha value is -1.60. The molecule has 2 aromatic rings. The highest BCUT2D eigenvalue weighted by Crippen LogP contribution is 2.42. The maximum atomic E-state index is 5.65. The molecule has 0 radical (unpaired) electrons. The SMILES string of the molecule is COc1ccc(CN2C[C@@H]3CON[C@@]3(c3cccc(Br)c3)C2)c(OC)c1. The minimum Gasteiger partial charge on any atom is -0.497 e. The molecule has 0 unspecified atom stereocenters. The van der Waals surface area contributed by atoms with Gasteiger partial charge in [0.25, 0.3) is 0 Å². The maximum Gasteiger partial charge on any atom is 0.127 e. The fourth-order valence-electron chi connectivity index (χ4n) is 4.09. The third-order valence-electron chi connectivity index (χ3n) is 5.42. The molecular weight excluding hydrogens is 396 g/mol. The van der Waals surface area contributed by atoms with Gasteiger partial charge in [-0.15, -0.1) is 0 Å². The quantitative estimate of drug-likeness (QED) is 0.806. The van der Waals surface area contributed by atoms with Crippen LogP contribution in [0.5, 0.6) is 11.5 Å². The zero-order valence-electron chi connectivity index (χ0n) is 15.0. The molecule has 0 saturated carbocycles. The molecule has 2 aliphatic rings. The minimum absolute atomic E-state index is 0.163. The lowest BCUT2D eigenvalue weighted by molar-refractivity contribution is 0.0467. The van der Waals surface area contributed by atoms with Crippen LogP contribution in [0.15, 0.2) is 46.9 Å². The van der Waals surface area contributed by atoms with Crippen LogP contribution >= 0.6 is 15.9 Å². The first-order valence-electron chi connectivity index (χ1n) is 8.73. The fraction of sp³-hybridized carbons (Fsp3) is 0.400. The van der Waals surface area contributed by atoms with E-state index < -0.39 is 0 Å². The lowest BCUT2D eigenvalue weighted by atomic mass is 9.83. The third kappa shape index (κ3) is 3.11. The van der Waals surface area contributed by atoms with Crippen molar-refractivity contribution in [1.82, 2.24) is 10.4 Å². The lowest BCUT2D eigenvalue weighted by Gasteiger charge is -2.28. The van der Waals surface area contributed by atoms with Crippen molar-refractivity contribution in [2.75, 3.05) is 33.9 Å². The Morgan fingerprint density at radius 3 is 2.88 bits per heavy atom. The number of nitrogens with one attached hydrogen (secondary N) is 1. The number of hydrogen-bond donors (Lipinski definition) is 1. The van der Waals surface area contributed by atoms with Gasteiger partial charge >= 0.3 is 0 Å². The van der Waals surface area contributed by atoms with Gasteiger partial charge in [0.05, 0.1) is 26.4 Å². The summed E-state index contributed by atoms with van der Waals surface area (Å²) in [5.74, 6) is 2.09. The Morgan fingerprint density at radius 2 is 2.12 bits per heavy atom. The van der Waals surface area contributed by atoms with E-state index in [1.165, 1.54) is 11.1 Å². The van der Waals surface area contributed by atoms with E-state index in [4.69, 9.17) is 14.3 Å². The van der Waals surface area contributed by atoms with E-state index in [0.29, 0.717) is 5.92 Å². The first-order valence-corrected chi connectivity index (χ1v) is 9.52. The molecule has 4 rings (SSSR count). The van der Waals surface area contributed by atoms with Gasteiger partial charge in [0.1, 0.15) is 11.5 Å². The van der Waals surface area contributed by atoms with Crippen molar-refractivity contribution in [3.63, 3.8) is 0 Å². The normalized spacial score (nSPS) is 25.3. The molecule has 5 nitrogen and oxygen atoms in total. The molecule has 138 valence electrons. The number of ether oxygens (including phenoxy) is 2. The monoisotopic (exact) mass is 418 g/mol. The summed E-state index contributed by atoms with van der Waals surface area (Å²) in [5.41, 5.74) is 5.59. The second kappa shape index (κ2) is 7.19. The molecule has 1 N–H and O–H groups in total. The lowest BCUT2D eigenvalue weighted by Crippen LogP contribution is -2.43. The summed E-state index contributed by atoms with van der Waals surface area (Å²) in [6, 6.07) is 14.5. The van der Waals surface area contributed by atoms with E-state index in [1.54, 1.807) is 14.2 Å². The van der Waals surface area contributed by atoms with Gasteiger partial charge in [-0.25, -0.2) is 0 Å². The van der Waals surface area contributed by atoms with Crippen LogP contribution in [0.3, 0.4) is 0 Å². The first kappa shape index (κ1) is 17.8. The fourth-order valence-corrected chi connectivity index (χ4v) is 4.49. The van der Waals surface area contributed by atoms with Crippen molar-refractivity contribution in [1.29, 1.82) is 0 Å². The Balaban J connectivity index is 1.58. The third-order valence-corrected chi connectivity index (χ3v) is 5.91. The van der Waals surface area contributed by atoms with Crippen LogP contribution in [0.1, 0.15) is 11.1 Å². The summed E-state index contributed by atoms with van der Waals surface area (Å²) in [5, 5.41) is 0. The number of hydroxylamine groups is 1. The van der Waals surface area contributed by atoms with Crippen molar-refractivity contribution in [2.24, 2.45) is 5.92 Å². The number of nitrogens with zero attached hydrogens (tertiary/aromatic N) is 1. The summed E-state index contributed by atoms with van der Waals surface area (Å²) in [7, 11) is 3.37.